The average Bonchev–Trinajstić information content (AvgIpc) is 3.11. The van der Waals surface area contributed by atoms with Crippen LogP contribution in [0.5, 0.6) is 11.5 Å². The maximum atomic E-state index is 11.2. The van der Waals surface area contributed by atoms with Crippen LogP contribution in [0, 0.1) is 12.8 Å². The maximum Gasteiger partial charge on any atom is 0.306 e. The van der Waals surface area contributed by atoms with E-state index in [1.807, 2.05) is 25.3 Å². The van der Waals surface area contributed by atoms with Crippen LogP contribution in [0.15, 0.2) is 24.5 Å². The number of imidazole rings is 1. The number of aliphatic carboxylic acids is 1. The molecule has 1 heterocycles. The molecule has 3 rings (SSSR count). The van der Waals surface area contributed by atoms with Gasteiger partial charge in [-0.15, -0.1) is 0 Å². The Hall–Kier alpha value is -2.50. The van der Waals surface area contributed by atoms with Crippen molar-refractivity contribution in [1.29, 1.82) is 0 Å². The Morgan fingerprint density at radius 3 is 2.52 bits per heavy atom. The van der Waals surface area contributed by atoms with Crippen molar-refractivity contribution in [2.75, 3.05) is 14.2 Å². The Morgan fingerprint density at radius 2 is 1.92 bits per heavy atom. The predicted octanol–water partition coefficient (Wildman–Crippen LogP) is 3.69. The van der Waals surface area contributed by atoms with Gasteiger partial charge in [0.1, 0.15) is 17.3 Å². The summed E-state index contributed by atoms with van der Waals surface area (Å²) in [5, 5.41) is 9.19. The summed E-state index contributed by atoms with van der Waals surface area (Å²) < 4.78 is 13.2. The van der Waals surface area contributed by atoms with E-state index >= 15 is 0 Å². The Labute approximate surface area is 147 Å². The predicted molar refractivity (Wildman–Crippen MR) is 94.1 cm³/mol. The van der Waals surface area contributed by atoms with E-state index in [2.05, 4.69) is 9.55 Å². The normalized spacial score (nSPS) is 20.3. The lowest BCUT2D eigenvalue weighted by molar-refractivity contribution is -0.143. The quantitative estimate of drug-likeness (QED) is 0.895. The van der Waals surface area contributed by atoms with Crippen LogP contribution >= 0.6 is 0 Å². The van der Waals surface area contributed by atoms with E-state index in [9.17, 15) is 9.90 Å². The van der Waals surface area contributed by atoms with Gasteiger partial charge in [-0.25, -0.2) is 4.98 Å². The van der Waals surface area contributed by atoms with Crippen molar-refractivity contribution in [2.45, 2.75) is 38.6 Å². The van der Waals surface area contributed by atoms with E-state index in [0.29, 0.717) is 12.8 Å². The third-order valence-electron chi connectivity index (χ3n) is 5.13. The van der Waals surface area contributed by atoms with Gasteiger partial charge in [0, 0.05) is 24.0 Å². The molecule has 0 unspecified atom stereocenters. The topological polar surface area (TPSA) is 73.6 Å². The lowest BCUT2D eigenvalue weighted by atomic mass is 9.86. The number of hydrogen-bond acceptors (Lipinski definition) is 4. The van der Waals surface area contributed by atoms with Gasteiger partial charge in [-0.1, -0.05) is 0 Å². The van der Waals surface area contributed by atoms with Crippen molar-refractivity contribution < 1.29 is 19.4 Å². The molecule has 1 saturated carbocycles. The zero-order chi connectivity index (χ0) is 18.0. The first-order valence-corrected chi connectivity index (χ1v) is 8.54. The SMILES string of the molecule is COc1ccc(-c2nccn2C2CCC(C(=O)O)CC2)c(OC)c1C. The number of benzene rings is 1. The molecule has 0 spiro atoms. The van der Waals surface area contributed by atoms with Crippen LogP contribution in [0.2, 0.25) is 0 Å². The number of aromatic nitrogens is 2. The van der Waals surface area contributed by atoms with Gasteiger partial charge < -0.3 is 19.1 Å². The fourth-order valence-corrected chi connectivity index (χ4v) is 3.75. The molecular formula is C19H24N2O4. The van der Waals surface area contributed by atoms with Gasteiger partial charge in [0.25, 0.3) is 0 Å². The highest BCUT2D eigenvalue weighted by molar-refractivity contribution is 5.70. The van der Waals surface area contributed by atoms with Gasteiger partial charge in [0.15, 0.2) is 0 Å². The highest BCUT2D eigenvalue weighted by atomic mass is 16.5. The van der Waals surface area contributed by atoms with Crippen LogP contribution in [0.25, 0.3) is 11.4 Å². The minimum atomic E-state index is -0.684. The molecule has 1 aliphatic carbocycles. The molecule has 134 valence electrons. The van der Waals surface area contributed by atoms with Crippen LogP contribution in [-0.4, -0.2) is 34.8 Å². The molecule has 0 amide bonds. The molecule has 6 nitrogen and oxygen atoms in total. The smallest absolute Gasteiger partial charge is 0.306 e. The van der Waals surface area contributed by atoms with Crippen LogP contribution in [0.1, 0.15) is 37.3 Å². The molecule has 0 atom stereocenters. The van der Waals surface area contributed by atoms with E-state index in [-0.39, 0.29) is 12.0 Å². The van der Waals surface area contributed by atoms with Crippen LogP contribution in [0.3, 0.4) is 0 Å². The molecule has 1 N–H and O–H groups in total. The number of carboxylic acids is 1. The minimum Gasteiger partial charge on any atom is -0.496 e. The van der Waals surface area contributed by atoms with E-state index < -0.39 is 5.97 Å². The molecule has 25 heavy (non-hydrogen) atoms. The second kappa shape index (κ2) is 7.17. The van der Waals surface area contributed by atoms with Gasteiger partial charge in [-0.2, -0.15) is 0 Å². The minimum absolute atomic E-state index is 0.221. The maximum absolute atomic E-state index is 11.2. The monoisotopic (exact) mass is 344 g/mol. The van der Waals surface area contributed by atoms with Gasteiger partial charge in [0.2, 0.25) is 0 Å². The average molecular weight is 344 g/mol. The largest absolute Gasteiger partial charge is 0.496 e. The molecule has 1 aromatic heterocycles. The third kappa shape index (κ3) is 3.21. The van der Waals surface area contributed by atoms with Gasteiger partial charge in [-0.3, -0.25) is 4.79 Å². The first-order chi connectivity index (χ1) is 12.1. The van der Waals surface area contributed by atoms with Crippen LogP contribution in [-0.2, 0) is 4.79 Å². The van der Waals surface area contributed by atoms with Crippen LogP contribution in [0.4, 0.5) is 0 Å². The van der Waals surface area contributed by atoms with E-state index in [1.54, 1.807) is 20.4 Å². The van der Waals surface area contributed by atoms with Crippen molar-refractivity contribution in [1.82, 2.24) is 9.55 Å². The van der Waals surface area contributed by atoms with Crippen molar-refractivity contribution in [3.8, 4) is 22.9 Å². The summed E-state index contributed by atoms with van der Waals surface area (Å²) >= 11 is 0. The molecule has 2 aromatic rings. The Kier molecular flexibility index (Phi) is 4.97. The highest BCUT2D eigenvalue weighted by Gasteiger charge is 2.28. The molecule has 1 fully saturated rings. The van der Waals surface area contributed by atoms with E-state index in [0.717, 1.165) is 41.3 Å². The standard InChI is InChI=1S/C19H24N2O4/c1-12-16(24-2)9-8-15(17(12)25-3)18-20-10-11-21(18)14-6-4-13(5-7-14)19(22)23/h8-11,13-14H,4-7H2,1-3H3,(H,22,23). The zero-order valence-electron chi connectivity index (χ0n) is 14.9. The highest BCUT2D eigenvalue weighted by Crippen LogP contribution is 2.40. The second-order valence-electron chi connectivity index (χ2n) is 6.48. The van der Waals surface area contributed by atoms with Crippen LogP contribution < -0.4 is 9.47 Å². The molecular weight excluding hydrogens is 320 g/mol. The summed E-state index contributed by atoms with van der Waals surface area (Å²) in [5.41, 5.74) is 1.86. The summed E-state index contributed by atoms with van der Waals surface area (Å²) in [7, 11) is 3.29. The number of nitrogens with zero attached hydrogens (tertiary/aromatic N) is 2. The Balaban J connectivity index is 1.93. The summed E-state index contributed by atoms with van der Waals surface area (Å²) in [6.45, 7) is 1.96. The Bertz CT molecular complexity index is 761. The number of carboxylic acid groups (broad SMARTS) is 1. The first-order valence-electron chi connectivity index (χ1n) is 8.54. The number of methoxy groups -OCH3 is 2. The van der Waals surface area contributed by atoms with Crippen molar-refractivity contribution in [2.24, 2.45) is 5.92 Å². The van der Waals surface area contributed by atoms with Crippen molar-refractivity contribution in [3.05, 3.63) is 30.1 Å². The summed E-state index contributed by atoms with van der Waals surface area (Å²) in [5.74, 6) is 1.48. The molecule has 0 radical (unpaired) electrons. The number of hydrogen-bond donors (Lipinski definition) is 1. The van der Waals surface area contributed by atoms with Gasteiger partial charge in [0.05, 0.1) is 25.7 Å². The number of carbonyl (C=O) groups is 1. The molecule has 6 heteroatoms. The fraction of sp³-hybridized carbons (Fsp3) is 0.474. The summed E-state index contributed by atoms with van der Waals surface area (Å²) in [4.78, 5) is 15.7. The van der Waals surface area contributed by atoms with Crippen molar-refractivity contribution in [3.63, 3.8) is 0 Å². The lowest BCUT2D eigenvalue weighted by Gasteiger charge is -2.28. The van der Waals surface area contributed by atoms with Gasteiger partial charge in [-0.05, 0) is 44.7 Å². The number of ether oxygens (including phenoxy) is 2. The first kappa shape index (κ1) is 17.3. The molecule has 0 bridgehead atoms. The van der Waals surface area contributed by atoms with Crippen molar-refractivity contribution >= 4 is 5.97 Å². The molecule has 0 aliphatic heterocycles. The molecule has 1 aromatic carbocycles. The van der Waals surface area contributed by atoms with E-state index in [4.69, 9.17) is 9.47 Å². The van der Waals surface area contributed by atoms with Gasteiger partial charge >= 0.3 is 5.97 Å². The molecule has 0 saturated heterocycles. The molecule has 1 aliphatic rings. The zero-order valence-corrected chi connectivity index (χ0v) is 14.9. The summed E-state index contributed by atoms with van der Waals surface area (Å²) in [6.07, 6.45) is 6.86. The number of rotatable bonds is 5. The Morgan fingerprint density at radius 1 is 1.20 bits per heavy atom. The third-order valence-corrected chi connectivity index (χ3v) is 5.13. The lowest BCUT2D eigenvalue weighted by Crippen LogP contribution is -2.23. The fourth-order valence-electron chi connectivity index (χ4n) is 3.75. The second-order valence-corrected chi connectivity index (χ2v) is 6.48. The summed E-state index contributed by atoms with van der Waals surface area (Å²) in [6, 6.07) is 4.15. The van der Waals surface area contributed by atoms with E-state index in [1.165, 1.54) is 0 Å².